The van der Waals surface area contributed by atoms with E-state index >= 15 is 0 Å². The van der Waals surface area contributed by atoms with Gasteiger partial charge in [0.15, 0.2) is 0 Å². The number of carboxylic acids is 2. The summed E-state index contributed by atoms with van der Waals surface area (Å²) in [5.41, 5.74) is 0. The molecule has 26 heavy (non-hydrogen) atoms. The van der Waals surface area contributed by atoms with Crippen LogP contribution in [0.3, 0.4) is 0 Å². The highest BCUT2D eigenvalue weighted by Crippen LogP contribution is 1.86. The van der Waals surface area contributed by atoms with Crippen molar-refractivity contribution in [1.29, 1.82) is 0 Å². The molecule has 0 bridgehead atoms. The largest absolute Gasteiger partial charge is 0.481 e. The molecule has 0 aliphatic heterocycles. The molecule has 0 aliphatic carbocycles. The van der Waals surface area contributed by atoms with Crippen molar-refractivity contribution in [2.24, 2.45) is 0 Å². The summed E-state index contributed by atoms with van der Waals surface area (Å²) in [5.74, 6) is -2.15. The van der Waals surface area contributed by atoms with Crippen LogP contribution in [0.1, 0.15) is 54.4 Å². The van der Waals surface area contributed by atoms with Crippen LogP contribution in [0.5, 0.6) is 0 Å². The predicted molar refractivity (Wildman–Crippen MR) is 120 cm³/mol. The van der Waals surface area contributed by atoms with Crippen LogP contribution >= 0.6 is 0 Å². The lowest BCUT2D eigenvalue weighted by atomic mass is 10.3. The van der Waals surface area contributed by atoms with Gasteiger partial charge in [-0.2, -0.15) is 0 Å². The van der Waals surface area contributed by atoms with E-state index in [4.69, 9.17) is 10.2 Å². The number of carboxylic acid groups (broad SMARTS) is 2. The highest BCUT2D eigenvalue weighted by molar-refractivity contribution is 5.75. The van der Waals surface area contributed by atoms with E-state index in [9.17, 15) is 9.59 Å². The Hall–Kier alpha value is -2.62. The van der Waals surface area contributed by atoms with Crippen LogP contribution < -0.4 is 0 Å². The van der Waals surface area contributed by atoms with Crippen molar-refractivity contribution in [3.05, 3.63) is 75.9 Å². The Kier molecular flexibility index (Phi) is 133. The van der Waals surface area contributed by atoms with Gasteiger partial charge in [0.05, 0.1) is 12.8 Å². The van der Waals surface area contributed by atoms with Gasteiger partial charge in [0, 0.05) is 0 Å². The molecule has 0 aromatic rings. The molecule has 0 aromatic heterocycles. The summed E-state index contributed by atoms with van der Waals surface area (Å²) < 4.78 is 0. The lowest BCUT2D eigenvalue weighted by Crippen LogP contribution is -2.00. The number of hydrogen-bond acceptors (Lipinski definition) is 2. The molecule has 0 atom stereocenters. The lowest BCUT2D eigenvalue weighted by Gasteiger charge is -1.85. The van der Waals surface area contributed by atoms with Gasteiger partial charge >= 0.3 is 11.9 Å². The summed E-state index contributed by atoms with van der Waals surface area (Å²) in [6, 6.07) is 0. The molecular formula is C22H42O4. The Bertz CT molecular complexity index is 256. The second-order valence-electron chi connectivity index (χ2n) is 3.74. The Morgan fingerprint density at radius 1 is 0.538 bits per heavy atom. The summed E-state index contributed by atoms with van der Waals surface area (Å²) in [4.78, 5) is 19.3. The van der Waals surface area contributed by atoms with E-state index in [1.54, 1.807) is 36.5 Å². The molecule has 0 rings (SSSR count). The molecule has 2 N–H and O–H groups in total. The van der Waals surface area contributed by atoms with Gasteiger partial charge in [0.2, 0.25) is 0 Å². The molecule has 0 heterocycles. The van der Waals surface area contributed by atoms with Crippen LogP contribution in [0, 0.1) is 0 Å². The smallest absolute Gasteiger partial charge is 0.303 e. The molecule has 0 radical (unpaired) electrons. The van der Waals surface area contributed by atoms with Crippen molar-refractivity contribution >= 4 is 11.9 Å². The Morgan fingerprint density at radius 3 is 0.654 bits per heavy atom. The summed E-state index contributed by atoms with van der Waals surface area (Å²) in [6.45, 7) is 31.5. The zero-order valence-corrected chi connectivity index (χ0v) is 17.8. The lowest BCUT2D eigenvalue weighted by molar-refractivity contribution is -0.143. The first-order valence-electron chi connectivity index (χ1n) is 7.98. The first kappa shape index (κ1) is 43.6. The molecule has 0 saturated carbocycles. The zero-order valence-electron chi connectivity index (χ0n) is 17.8. The van der Waals surface area contributed by atoms with Gasteiger partial charge in [-0.1, -0.05) is 36.5 Å². The molecule has 0 amide bonds. The van der Waals surface area contributed by atoms with E-state index in [1.165, 1.54) is 0 Å². The van der Waals surface area contributed by atoms with Gasteiger partial charge in [0.25, 0.3) is 0 Å². The number of aliphatic carboxylic acids is 2. The summed E-state index contributed by atoms with van der Waals surface area (Å²) in [6.07, 6.45) is 9.91. The third kappa shape index (κ3) is 1570. The maximum Gasteiger partial charge on any atom is 0.303 e. The standard InChI is InChI=1S/C4H6O4.6C3H6/c5-3(6)1-2-4(7)8;6*1-3-2/h1-2H2,(H,5,6)(H,7,8);6*3H,1H2,2H3. The van der Waals surface area contributed by atoms with E-state index < -0.39 is 11.9 Å². The highest BCUT2D eigenvalue weighted by Gasteiger charge is 2.00. The molecule has 154 valence electrons. The normalized spacial score (nSPS) is 5.62. The van der Waals surface area contributed by atoms with Crippen LogP contribution in [0.2, 0.25) is 0 Å². The van der Waals surface area contributed by atoms with E-state index in [0.717, 1.165) is 0 Å². The van der Waals surface area contributed by atoms with E-state index in [1.807, 2.05) is 41.5 Å². The summed E-state index contributed by atoms with van der Waals surface area (Å²) in [7, 11) is 0. The molecule has 0 saturated heterocycles. The molecule has 4 heteroatoms. The summed E-state index contributed by atoms with van der Waals surface area (Å²) in [5, 5.41) is 15.8. The van der Waals surface area contributed by atoms with Crippen molar-refractivity contribution in [2.45, 2.75) is 54.4 Å². The number of rotatable bonds is 3. The average Bonchev–Trinajstić information content (AvgIpc) is 2.50. The van der Waals surface area contributed by atoms with Gasteiger partial charge < -0.3 is 10.2 Å². The van der Waals surface area contributed by atoms with Crippen LogP contribution in [-0.2, 0) is 9.59 Å². The fourth-order valence-electron chi connectivity index (χ4n) is 0.214. The number of hydrogen-bond donors (Lipinski definition) is 2. The first-order chi connectivity index (χ1) is 12.1. The minimum absolute atomic E-state index is 0.296. The molecule has 0 fully saturated rings. The van der Waals surface area contributed by atoms with Gasteiger partial charge in [-0.3, -0.25) is 9.59 Å². The molecule has 0 unspecified atom stereocenters. The molecule has 0 aliphatic rings. The fraction of sp³-hybridized carbons (Fsp3) is 0.364. The minimum Gasteiger partial charge on any atom is -0.481 e. The third-order valence-electron chi connectivity index (χ3n) is 0.553. The van der Waals surface area contributed by atoms with Crippen LogP contribution in [-0.4, -0.2) is 22.2 Å². The first-order valence-corrected chi connectivity index (χ1v) is 7.98. The molecular weight excluding hydrogens is 328 g/mol. The number of allylic oxidation sites excluding steroid dienone is 6. The third-order valence-corrected chi connectivity index (χ3v) is 0.553. The van der Waals surface area contributed by atoms with Gasteiger partial charge in [-0.15, -0.1) is 39.5 Å². The average molecular weight is 371 g/mol. The quantitative estimate of drug-likeness (QED) is 0.520. The van der Waals surface area contributed by atoms with E-state index in [0.29, 0.717) is 0 Å². The maximum absolute atomic E-state index is 9.64. The minimum atomic E-state index is -1.08. The topological polar surface area (TPSA) is 74.6 Å². The van der Waals surface area contributed by atoms with Gasteiger partial charge in [-0.05, 0) is 41.5 Å². The highest BCUT2D eigenvalue weighted by atomic mass is 16.4. The van der Waals surface area contributed by atoms with Crippen LogP contribution in [0.15, 0.2) is 75.9 Å². The molecule has 0 aromatic carbocycles. The second kappa shape index (κ2) is 79.0. The Balaban J connectivity index is -0.0000000346. The van der Waals surface area contributed by atoms with Crippen LogP contribution in [0.4, 0.5) is 0 Å². The van der Waals surface area contributed by atoms with Crippen molar-refractivity contribution in [3.8, 4) is 0 Å². The van der Waals surface area contributed by atoms with Gasteiger partial charge in [0.1, 0.15) is 0 Å². The van der Waals surface area contributed by atoms with Crippen LogP contribution in [0.25, 0.3) is 0 Å². The number of carbonyl (C=O) groups is 2. The van der Waals surface area contributed by atoms with Crippen molar-refractivity contribution in [2.75, 3.05) is 0 Å². The summed E-state index contributed by atoms with van der Waals surface area (Å²) >= 11 is 0. The van der Waals surface area contributed by atoms with E-state index in [2.05, 4.69) is 39.5 Å². The molecule has 0 spiro atoms. The zero-order chi connectivity index (χ0) is 22.8. The maximum atomic E-state index is 9.64. The van der Waals surface area contributed by atoms with Crippen molar-refractivity contribution in [1.82, 2.24) is 0 Å². The van der Waals surface area contributed by atoms with Gasteiger partial charge in [-0.25, -0.2) is 0 Å². The fourth-order valence-corrected chi connectivity index (χ4v) is 0.214. The monoisotopic (exact) mass is 370 g/mol. The SMILES string of the molecule is C=CC.C=CC.C=CC.C=CC.C=CC.C=CC.O=C(O)CCC(=O)O. The van der Waals surface area contributed by atoms with E-state index in [-0.39, 0.29) is 12.8 Å². The molecule has 4 nitrogen and oxygen atoms in total. The predicted octanol–water partition coefficient (Wildman–Crippen LogP) is 7.09. The van der Waals surface area contributed by atoms with Crippen molar-refractivity contribution < 1.29 is 19.8 Å². The van der Waals surface area contributed by atoms with Crippen molar-refractivity contribution in [3.63, 3.8) is 0 Å². The second-order valence-corrected chi connectivity index (χ2v) is 3.74. The Morgan fingerprint density at radius 2 is 0.615 bits per heavy atom. The Labute approximate surface area is 162 Å².